The molecule has 0 saturated heterocycles. The molecule has 32 heavy (non-hydrogen) atoms. The topological polar surface area (TPSA) is 45.1 Å². The third-order valence-corrected chi connectivity index (χ3v) is 5.39. The van der Waals surface area contributed by atoms with Crippen molar-refractivity contribution in [2.45, 2.75) is 27.3 Å². The van der Waals surface area contributed by atoms with Gasteiger partial charge in [-0.3, -0.25) is 4.79 Å². The van der Waals surface area contributed by atoms with E-state index < -0.39 is 0 Å². The lowest BCUT2D eigenvalue weighted by Crippen LogP contribution is -2.25. The van der Waals surface area contributed by atoms with Crippen molar-refractivity contribution in [3.05, 3.63) is 95.1 Å². The van der Waals surface area contributed by atoms with Crippen molar-refractivity contribution in [1.82, 2.24) is 5.01 Å². The van der Waals surface area contributed by atoms with E-state index in [-0.39, 0.29) is 5.91 Å². The summed E-state index contributed by atoms with van der Waals surface area (Å²) in [6.45, 7) is 8.65. The maximum Gasteiger partial charge on any atom is 0.274 e. The maximum absolute atomic E-state index is 13.2. The number of rotatable bonds is 9. The average Bonchev–Trinajstić information content (AvgIpc) is 2.84. The first-order valence-corrected chi connectivity index (χ1v) is 10.9. The Morgan fingerprint density at radius 3 is 2.09 bits per heavy atom. The van der Waals surface area contributed by atoms with E-state index in [1.54, 1.807) is 37.6 Å². The zero-order chi connectivity index (χ0) is 22.9. The van der Waals surface area contributed by atoms with Crippen molar-refractivity contribution in [1.29, 1.82) is 0 Å². The van der Waals surface area contributed by atoms with Crippen LogP contribution < -0.4 is 9.64 Å². The van der Waals surface area contributed by atoms with Crippen LogP contribution in [0.15, 0.2) is 77.9 Å². The molecule has 3 aromatic carbocycles. The Morgan fingerprint density at radius 1 is 0.906 bits per heavy atom. The monoisotopic (exact) mass is 429 g/mol. The number of benzene rings is 3. The van der Waals surface area contributed by atoms with E-state index in [9.17, 15) is 4.79 Å². The standard InChI is InChI=1S/C27H31N3O2/c1-5-29(6-2)25-15-11-22(12-16-25)19-28-30(20-23-9-7-21(3)8-10-23)27(31)24-13-17-26(32-4)18-14-24/h7-19H,5-6,20H2,1-4H3/b28-19+. The van der Waals surface area contributed by atoms with Gasteiger partial charge in [0.15, 0.2) is 0 Å². The highest BCUT2D eigenvalue weighted by molar-refractivity contribution is 5.95. The molecule has 0 aliphatic carbocycles. The molecular weight excluding hydrogens is 398 g/mol. The number of carbonyl (C=O) groups excluding carboxylic acids is 1. The number of aryl methyl sites for hydroxylation is 1. The van der Waals surface area contributed by atoms with E-state index in [0.29, 0.717) is 17.9 Å². The number of amides is 1. The summed E-state index contributed by atoms with van der Waals surface area (Å²) in [5.74, 6) is 0.549. The Kier molecular flexibility index (Phi) is 8.03. The van der Waals surface area contributed by atoms with Gasteiger partial charge in [-0.2, -0.15) is 5.10 Å². The van der Waals surface area contributed by atoms with Crippen molar-refractivity contribution in [2.24, 2.45) is 5.10 Å². The van der Waals surface area contributed by atoms with E-state index in [1.807, 2.05) is 43.3 Å². The Bertz CT molecular complexity index is 1020. The molecule has 0 heterocycles. The second-order valence-corrected chi connectivity index (χ2v) is 7.59. The summed E-state index contributed by atoms with van der Waals surface area (Å²) in [6.07, 6.45) is 1.74. The lowest BCUT2D eigenvalue weighted by Gasteiger charge is -2.21. The first kappa shape index (κ1) is 23.1. The fourth-order valence-corrected chi connectivity index (χ4v) is 3.41. The van der Waals surface area contributed by atoms with Gasteiger partial charge >= 0.3 is 0 Å². The van der Waals surface area contributed by atoms with Crippen LogP contribution in [0.2, 0.25) is 0 Å². The molecule has 0 atom stereocenters. The van der Waals surface area contributed by atoms with Gasteiger partial charge < -0.3 is 9.64 Å². The highest BCUT2D eigenvalue weighted by atomic mass is 16.5. The zero-order valence-corrected chi connectivity index (χ0v) is 19.3. The Labute approximate surface area is 190 Å². The SMILES string of the molecule is CCN(CC)c1ccc(/C=N/N(Cc2ccc(C)cc2)C(=O)c2ccc(OC)cc2)cc1. The number of anilines is 1. The van der Waals surface area contributed by atoms with Crippen LogP contribution in [0.5, 0.6) is 5.75 Å². The summed E-state index contributed by atoms with van der Waals surface area (Å²) < 4.78 is 5.21. The van der Waals surface area contributed by atoms with Crippen LogP contribution >= 0.6 is 0 Å². The smallest absolute Gasteiger partial charge is 0.274 e. The van der Waals surface area contributed by atoms with Crippen LogP contribution in [-0.2, 0) is 6.54 Å². The van der Waals surface area contributed by atoms with E-state index >= 15 is 0 Å². The summed E-state index contributed by atoms with van der Waals surface area (Å²) in [4.78, 5) is 15.5. The minimum Gasteiger partial charge on any atom is -0.497 e. The second-order valence-electron chi connectivity index (χ2n) is 7.59. The zero-order valence-electron chi connectivity index (χ0n) is 19.3. The minimum absolute atomic E-state index is 0.163. The molecule has 5 heteroatoms. The molecule has 0 bridgehead atoms. The average molecular weight is 430 g/mol. The maximum atomic E-state index is 13.2. The van der Waals surface area contributed by atoms with E-state index in [4.69, 9.17) is 4.74 Å². The summed E-state index contributed by atoms with van der Waals surface area (Å²) >= 11 is 0. The van der Waals surface area contributed by atoms with Gasteiger partial charge in [-0.1, -0.05) is 42.0 Å². The number of hydrazone groups is 1. The molecule has 0 unspecified atom stereocenters. The molecular formula is C27H31N3O2. The summed E-state index contributed by atoms with van der Waals surface area (Å²) in [5.41, 5.74) is 4.88. The van der Waals surface area contributed by atoms with Gasteiger partial charge in [0, 0.05) is 24.3 Å². The van der Waals surface area contributed by atoms with E-state index in [2.05, 4.69) is 36.0 Å². The third-order valence-electron chi connectivity index (χ3n) is 5.39. The fraction of sp³-hybridized carbons (Fsp3) is 0.259. The van der Waals surface area contributed by atoms with Crippen molar-refractivity contribution < 1.29 is 9.53 Å². The predicted octanol–water partition coefficient (Wildman–Crippen LogP) is 5.53. The van der Waals surface area contributed by atoms with Crippen LogP contribution in [0.25, 0.3) is 0 Å². The van der Waals surface area contributed by atoms with Crippen molar-refractivity contribution in [3.8, 4) is 5.75 Å². The van der Waals surface area contributed by atoms with Gasteiger partial charge in [-0.05, 0) is 68.3 Å². The Morgan fingerprint density at radius 2 is 1.53 bits per heavy atom. The van der Waals surface area contributed by atoms with Crippen LogP contribution in [0.3, 0.4) is 0 Å². The van der Waals surface area contributed by atoms with Crippen LogP contribution in [-0.4, -0.2) is 37.3 Å². The summed E-state index contributed by atoms with van der Waals surface area (Å²) in [6, 6.07) is 23.5. The minimum atomic E-state index is -0.163. The Balaban J connectivity index is 1.83. The molecule has 0 spiro atoms. The number of ether oxygens (including phenoxy) is 1. The summed E-state index contributed by atoms with van der Waals surface area (Å²) in [7, 11) is 1.61. The second kappa shape index (κ2) is 11.1. The normalized spacial score (nSPS) is 10.9. The van der Waals surface area contributed by atoms with Gasteiger partial charge in [0.05, 0.1) is 19.9 Å². The van der Waals surface area contributed by atoms with Crippen LogP contribution in [0.4, 0.5) is 5.69 Å². The Hall–Kier alpha value is -3.60. The third kappa shape index (κ3) is 5.97. The van der Waals surface area contributed by atoms with E-state index in [0.717, 1.165) is 24.2 Å². The molecule has 0 N–H and O–H groups in total. The molecule has 0 fully saturated rings. The van der Waals surface area contributed by atoms with Crippen molar-refractivity contribution in [2.75, 3.05) is 25.1 Å². The lowest BCUT2D eigenvalue weighted by molar-refractivity contribution is 0.0749. The first-order chi connectivity index (χ1) is 15.5. The fourth-order valence-electron chi connectivity index (χ4n) is 3.41. The largest absolute Gasteiger partial charge is 0.497 e. The van der Waals surface area contributed by atoms with Gasteiger partial charge in [0.25, 0.3) is 5.91 Å². The number of nitrogens with zero attached hydrogens (tertiary/aromatic N) is 3. The van der Waals surface area contributed by atoms with Gasteiger partial charge in [0.2, 0.25) is 0 Å². The quantitative estimate of drug-likeness (QED) is 0.332. The van der Waals surface area contributed by atoms with Gasteiger partial charge in [-0.15, -0.1) is 0 Å². The molecule has 0 radical (unpaired) electrons. The van der Waals surface area contributed by atoms with Gasteiger partial charge in [-0.25, -0.2) is 5.01 Å². The predicted molar refractivity (Wildman–Crippen MR) is 132 cm³/mol. The van der Waals surface area contributed by atoms with E-state index in [1.165, 1.54) is 16.3 Å². The molecule has 0 saturated carbocycles. The van der Waals surface area contributed by atoms with Crippen molar-refractivity contribution in [3.63, 3.8) is 0 Å². The molecule has 3 rings (SSSR count). The molecule has 0 aliphatic heterocycles. The molecule has 166 valence electrons. The highest BCUT2D eigenvalue weighted by Gasteiger charge is 2.16. The van der Waals surface area contributed by atoms with Crippen LogP contribution in [0.1, 0.15) is 40.9 Å². The number of hydrogen-bond donors (Lipinski definition) is 0. The molecule has 1 amide bonds. The molecule has 3 aromatic rings. The molecule has 0 aromatic heterocycles. The lowest BCUT2D eigenvalue weighted by atomic mass is 10.1. The first-order valence-electron chi connectivity index (χ1n) is 10.9. The van der Waals surface area contributed by atoms with Gasteiger partial charge in [0.1, 0.15) is 5.75 Å². The highest BCUT2D eigenvalue weighted by Crippen LogP contribution is 2.17. The molecule has 5 nitrogen and oxygen atoms in total. The van der Waals surface area contributed by atoms with Crippen molar-refractivity contribution >= 4 is 17.8 Å². The summed E-state index contributed by atoms with van der Waals surface area (Å²) in [5, 5.41) is 6.06. The number of carbonyl (C=O) groups is 1. The number of methoxy groups -OCH3 is 1. The van der Waals surface area contributed by atoms with Crippen LogP contribution in [0, 0.1) is 6.92 Å². The number of hydrogen-bond acceptors (Lipinski definition) is 4. The molecule has 0 aliphatic rings.